The second kappa shape index (κ2) is 6.55. The molecule has 0 saturated carbocycles. The van der Waals surface area contributed by atoms with E-state index in [-0.39, 0.29) is 0 Å². The molecule has 0 aliphatic rings. The van der Waals surface area contributed by atoms with Crippen LogP contribution in [0.15, 0.2) is 24.4 Å². The summed E-state index contributed by atoms with van der Waals surface area (Å²) in [7, 11) is 0. The average molecular weight is 256 g/mol. The first-order chi connectivity index (χ1) is 9.16. The number of hydrogen-bond acceptors (Lipinski definition) is 1. The molecule has 2 heteroatoms. The number of hydrogen-bond donors (Lipinski definition) is 1. The fraction of sp³-hybridized carbons (Fsp3) is 0.471. The van der Waals surface area contributed by atoms with Crippen LogP contribution in [0.1, 0.15) is 47.5 Å². The van der Waals surface area contributed by atoms with Gasteiger partial charge in [0, 0.05) is 11.9 Å². The molecular formula is C17H24N2. The maximum Gasteiger partial charge on any atom is 0.103 e. The molecule has 1 aromatic heterocycles. The molecule has 2 rings (SSSR count). The lowest BCUT2D eigenvalue weighted by molar-refractivity contribution is 0.670. The Morgan fingerprint density at radius 2 is 1.63 bits per heavy atom. The third-order valence-electron chi connectivity index (χ3n) is 3.77. The van der Waals surface area contributed by atoms with Crippen molar-refractivity contribution in [1.29, 1.82) is 0 Å². The van der Waals surface area contributed by atoms with Crippen molar-refractivity contribution in [2.24, 2.45) is 0 Å². The summed E-state index contributed by atoms with van der Waals surface area (Å²) < 4.78 is 0. The van der Waals surface area contributed by atoms with Gasteiger partial charge in [-0.05, 0) is 63.1 Å². The van der Waals surface area contributed by atoms with Crippen LogP contribution in [-0.2, 0) is 12.8 Å². The SMILES string of the molecule is Cc1ncc(CCCCCc2c(C)cccc2C)[nH]1. The van der Waals surface area contributed by atoms with E-state index in [1.165, 1.54) is 42.5 Å². The summed E-state index contributed by atoms with van der Waals surface area (Å²) in [6.45, 7) is 6.44. The summed E-state index contributed by atoms with van der Waals surface area (Å²) in [4.78, 5) is 7.52. The molecule has 0 amide bonds. The van der Waals surface area contributed by atoms with Crippen molar-refractivity contribution in [1.82, 2.24) is 9.97 Å². The molecule has 0 aliphatic heterocycles. The van der Waals surface area contributed by atoms with Crippen molar-refractivity contribution in [2.45, 2.75) is 52.9 Å². The standard InChI is InChI=1S/C17H24N2/c1-13-8-7-9-14(2)17(13)11-6-4-5-10-16-12-18-15(3)19-16/h7-9,12H,4-6,10-11H2,1-3H3,(H,18,19). The third kappa shape index (κ3) is 3.95. The van der Waals surface area contributed by atoms with Crippen LogP contribution in [0.5, 0.6) is 0 Å². The Morgan fingerprint density at radius 3 is 2.26 bits per heavy atom. The lowest BCUT2D eigenvalue weighted by atomic mass is 9.97. The summed E-state index contributed by atoms with van der Waals surface area (Å²) in [6.07, 6.45) is 8.09. The summed E-state index contributed by atoms with van der Waals surface area (Å²) in [5.41, 5.74) is 5.68. The van der Waals surface area contributed by atoms with Crippen LogP contribution < -0.4 is 0 Å². The van der Waals surface area contributed by atoms with Crippen LogP contribution in [0.3, 0.4) is 0 Å². The predicted octanol–water partition coefficient (Wildman–Crippen LogP) is 4.29. The number of aromatic nitrogens is 2. The van der Waals surface area contributed by atoms with Crippen molar-refractivity contribution in [2.75, 3.05) is 0 Å². The Labute approximate surface area is 116 Å². The normalized spacial score (nSPS) is 10.9. The number of imidazole rings is 1. The van der Waals surface area contributed by atoms with E-state index in [9.17, 15) is 0 Å². The minimum absolute atomic E-state index is 1.02. The number of nitrogens with one attached hydrogen (secondary N) is 1. The van der Waals surface area contributed by atoms with Gasteiger partial charge in [-0.15, -0.1) is 0 Å². The van der Waals surface area contributed by atoms with E-state index in [0.717, 1.165) is 12.2 Å². The van der Waals surface area contributed by atoms with Crippen molar-refractivity contribution in [3.63, 3.8) is 0 Å². The summed E-state index contributed by atoms with van der Waals surface area (Å²) in [5, 5.41) is 0. The third-order valence-corrected chi connectivity index (χ3v) is 3.77. The Kier molecular flexibility index (Phi) is 4.78. The molecule has 19 heavy (non-hydrogen) atoms. The number of aromatic amines is 1. The van der Waals surface area contributed by atoms with E-state index in [1.54, 1.807) is 5.56 Å². The van der Waals surface area contributed by atoms with Crippen LogP contribution >= 0.6 is 0 Å². The second-order valence-electron chi connectivity index (χ2n) is 5.42. The maximum atomic E-state index is 4.23. The molecule has 1 aromatic carbocycles. The summed E-state index contributed by atoms with van der Waals surface area (Å²) >= 11 is 0. The maximum absolute atomic E-state index is 4.23. The Bertz CT molecular complexity index is 506. The van der Waals surface area contributed by atoms with Gasteiger partial charge in [0.05, 0.1) is 0 Å². The molecule has 2 nitrogen and oxygen atoms in total. The quantitative estimate of drug-likeness (QED) is 0.767. The molecule has 0 spiro atoms. The van der Waals surface area contributed by atoms with Crippen LogP contribution in [0, 0.1) is 20.8 Å². The highest BCUT2D eigenvalue weighted by Gasteiger charge is 2.02. The van der Waals surface area contributed by atoms with E-state index in [4.69, 9.17) is 0 Å². The van der Waals surface area contributed by atoms with Crippen molar-refractivity contribution >= 4 is 0 Å². The fourth-order valence-electron chi connectivity index (χ4n) is 2.64. The van der Waals surface area contributed by atoms with Gasteiger partial charge in [0.25, 0.3) is 0 Å². The van der Waals surface area contributed by atoms with E-state index in [0.29, 0.717) is 0 Å². The lowest BCUT2D eigenvalue weighted by Crippen LogP contribution is -1.94. The zero-order valence-electron chi connectivity index (χ0n) is 12.3. The number of rotatable bonds is 6. The van der Waals surface area contributed by atoms with Gasteiger partial charge in [-0.1, -0.05) is 24.6 Å². The van der Waals surface area contributed by atoms with Gasteiger partial charge in [0.2, 0.25) is 0 Å². The largest absolute Gasteiger partial charge is 0.346 e. The molecule has 0 unspecified atom stereocenters. The molecule has 2 aromatic rings. The first kappa shape index (κ1) is 13.9. The molecule has 0 fully saturated rings. The van der Waals surface area contributed by atoms with Crippen molar-refractivity contribution in [3.05, 3.63) is 52.6 Å². The molecule has 0 radical (unpaired) electrons. The van der Waals surface area contributed by atoms with Gasteiger partial charge in [-0.2, -0.15) is 0 Å². The predicted molar refractivity (Wildman–Crippen MR) is 80.5 cm³/mol. The molecule has 102 valence electrons. The van der Waals surface area contributed by atoms with Gasteiger partial charge in [0.1, 0.15) is 5.82 Å². The lowest BCUT2D eigenvalue weighted by Gasteiger charge is -2.09. The molecule has 0 bridgehead atoms. The number of aryl methyl sites for hydroxylation is 4. The molecule has 1 N–H and O–H groups in total. The minimum Gasteiger partial charge on any atom is -0.346 e. The Hall–Kier alpha value is -1.57. The molecule has 0 aliphatic carbocycles. The second-order valence-corrected chi connectivity index (χ2v) is 5.42. The fourth-order valence-corrected chi connectivity index (χ4v) is 2.64. The Balaban J connectivity index is 1.72. The van der Waals surface area contributed by atoms with E-state index in [2.05, 4.69) is 42.0 Å². The number of unbranched alkanes of at least 4 members (excludes halogenated alkanes) is 2. The van der Waals surface area contributed by atoms with Gasteiger partial charge < -0.3 is 4.98 Å². The van der Waals surface area contributed by atoms with Crippen LogP contribution in [0.4, 0.5) is 0 Å². The minimum atomic E-state index is 1.02. The number of H-pyrrole nitrogens is 1. The van der Waals surface area contributed by atoms with Gasteiger partial charge in [0.15, 0.2) is 0 Å². The number of nitrogens with zero attached hydrogens (tertiary/aromatic N) is 1. The van der Waals surface area contributed by atoms with E-state index >= 15 is 0 Å². The Morgan fingerprint density at radius 1 is 0.947 bits per heavy atom. The summed E-state index contributed by atoms with van der Waals surface area (Å²) in [5.74, 6) is 1.02. The molecule has 1 heterocycles. The van der Waals surface area contributed by atoms with Crippen molar-refractivity contribution in [3.8, 4) is 0 Å². The van der Waals surface area contributed by atoms with E-state index < -0.39 is 0 Å². The highest BCUT2D eigenvalue weighted by atomic mass is 14.9. The highest BCUT2D eigenvalue weighted by molar-refractivity contribution is 5.33. The number of benzene rings is 1. The zero-order chi connectivity index (χ0) is 13.7. The topological polar surface area (TPSA) is 28.7 Å². The van der Waals surface area contributed by atoms with Crippen LogP contribution in [-0.4, -0.2) is 9.97 Å². The molecular weight excluding hydrogens is 232 g/mol. The van der Waals surface area contributed by atoms with Crippen molar-refractivity contribution < 1.29 is 0 Å². The molecule has 0 atom stereocenters. The summed E-state index contributed by atoms with van der Waals surface area (Å²) in [6, 6.07) is 6.58. The average Bonchev–Trinajstić information content (AvgIpc) is 2.78. The highest BCUT2D eigenvalue weighted by Crippen LogP contribution is 2.17. The zero-order valence-corrected chi connectivity index (χ0v) is 12.3. The smallest absolute Gasteiger partial charge is 0.103 e. The first-order valence-electron chi connectivity index (χ1n) is 7.22. The van der Waals surface area contributed by atoms with Gasteiger partial charge in [-0.25, -0.2) is 4.98 Å². The van der Waals surface area contributed by atoms with Gasteiger partial charge >= 0.3 is 0 Å². The van der Waals surface area contributed by atoms with E-state index in [1.807, 2.05) is 13.1 Å². The monoisotopic (exact) mass is 256 g/mol. The van der Waals surface area contributed by atoms with Gasteiger partial charge in [-0.3, -0.25) is 0 Å². The van der Waals surface area contributed by atoms with Crippen LogP contribution in [0.25, 0.3) is 0 Å². The first-order valence-corrected chi connectivity index (χ1v) is 7.22. The molecule has 0 saturated heterocycles. The van der Waals surface area contributed by atoms with Crippen LogP contribution in [0.2, 0.25) is 0 Å².